The molecule has 2 rings (SSSR count). The van der Waals surface area contributed by atoms with E-state index in [-0.39, 0.29) is 12.3 Å². The van der Waals surface area contributed by atoms with Crippen molar-refractivity contribution in [1.29, 1.82) is 0 Å². The number of halogens is 1. The van der Waals surface area contributed by atoms with Gasteiger partial charge in [-0.15, -0.1) is 0 Å². The predicted molar refractivity (Wildman–Crippen MR) is 78.9 cm³/mol. The molecule has 5 nitrogen and oxygen atoms in total. The average Bonchev–Trinajstić information content (AvgIpc) is 2.88. The fourth-order valence-corrected chi connectivity index (χ4v) is 3.09. The van der Waals surface area contributed by atoms with Crippen molar-refractivity contribution in [2.75, 3.05) is 6.61 Å². The van der Waals surface area contributed by atoms with Gasteiger partial charge in [0.2, 0.25) is 0 Å². The number of nitro benzene ring substituents is 1. The summed E-state index contributed by atoms with van der Waals surface area (Å²) in [5, 5.41) is 20.7. The van der Waals surface area contributed by atoms with Crippen molar-refractivity contribution in [1.82, 2.24) is 0 Å². The first-order chi connectivity index (χ1) is 9.54. The van der Waals surface area contributed by atoms with Crippen molar-refractivity contribution in [3.63, 3.8) is 0 Å². The Kier molecular flexibility index (Phi) is 5.37. The highest BCUT2D eigenvalue weighted by Crippen LogP contribution is 2.29. The SMILES string of the molecule is O=[N+]([O-])c1cc(Br)cc(OCC(O)CC2CCCC2)c1. The van der Waals surface area contributed by atoms with Crippen LogP contribution in [-0.4, -0.2) is 22.7 Å². The zero-order valence-electron chi connectivity index (χ0n) is 11.1. The minimum Gasteiger partial charge on any atom is -0.491 e. The molecule has 0 spiro atoms. The summed E-state index contributed by atoms with van der Waals surface area (Å²) in [4.78, 5) is 10.3. The molecule has 1 saturated carbocycles. The lowest BCUT2D eigenvalue weighted by Gasteiger charge is -2.16. The Labute approximate surface area is 126 Å². The number of ether oxygens (including phenoxy) is 1. The monoisotopic (exact) mass is 343 g/mol. The Morgan fingerprint density at radius 2 is 2.10 bits per heavy atom. The molecule has 1 aliphatic rings. The lowest BCUT2D eigenvalue weighted by Crippen LogP contribution is -2.20. The summed E-state index contributed by atoms with van der Waals surface area (Å²) in [6.45, 7) is 0.171. The molecule has 1 aromatic rings. The van der Waals surface area contributed by atoms with Crippen molar-refractivity contribution in [2.24, 2.45) is 5.92 Å². The molecule has 1 fully saturated rings. The lowest BCUT2D eigenvalue weighted by molar-refractivity contribution is -0.385. The fraction of sp³-hybridized carbons (Fsp3) is 0.571. The molecule has 6 heteroatoms. The highest BCUT2D eigenvalue weighted by atomic mass is 79.9. The topological polar surface area (TPSA) is 72.6 Å². The lowest BCUT2D eigenvalue weighted by atomic mass is 10.0. The molecule has 1 atom stereocenters. The molecule has 1 N–H and O–H groups in total. The molecule has 1 aromatic carbocycles. The number of aliphatic hydroxyl groups excluding tert-OH is 1. The average molecular weight is 344 g/mol. The number of aliphatic hydroxyl groups is 1. The van der Waals surface area contributed by atoms with Crippen LogP contribution in [0, 0.1) is 16.0 Å². The molecule has 0 aromatic heterocycles. The Bertz CT molecular complexity index is 474. The number of rotatable bonds is 6. The second-order valence-corrected chi connectivity index (χ2v) is 6.17. The van der Waals surface area contributed by atoms with Crippen molar-refractivity contribution in [3.05, 3.63) is 32.8 Å². The third-order valence-corrected chi connectivity index (χ3v) is 4.05. The Balaban J connectivity index is 1.87. The Hall–Kier alpha value is -1.14. The first-order valence-corrected chi connectivity index (χ1v) is 7.60. The minimum atomic E-state index is -0.517. The van der Waals surface area contributed by atoms with Crippen molar-refractivity contribution in [3.8, 4) is 5.75 Å². The van der Waals surface area contributed by atoms with E-state index in [2.05, 4.69) is 15.9 Å². The summed E-state index contributed by atoms with van der Waals surface area (Å²) in [7, 11) is 0. The van der Waals surface area contributed by atoms with Gasteiger partial charge in [-0.1, -0.05) is 41.6 Å². The second-order valence-electron chi connectivity index (χ2n) is 5.25. The van der Waals surface area contributed by atoms with Crippen LogP contribution in [0.1, 0.15) is 32.1 Å². The van der Waals surface area contributed by atoms with Gasteiger partial charge >= 0.3 is 0 Å². The third-order valence-electron chi connectivity index (χ3n) is 3.59. The fourth-order valence-electron chi connectivity index (χ4n) is 2.63. The van der Waals surface area contributed by atoms with Crippen LogP contribution in [0.5, 0.6) is 5.75 Å². The molecule has 0 bridgehead atoms. The molecule has 1 unspecified atom stereocenters. The summed E-state index contributed by atoms with van der Waals surface area (Å²) >= 11 is 3.21. The molecular formula is C14H18BrNO4. The summed E-state index contributed by atoms with van der Waals surface area (Å²) in [6, 6.07) is 4.45. The van der Waals surface area contributed by atoms with Gasteiger partial charge in [-0.25, -0.2) is 0 Å². The summed E-state index contributed by atoms with van der Waals surface area (Å²) < 4.78 is 6.06. The van der Waals surface area contributed by atoms with Crippen LogP contribution in [-0.2, 0) is 0 Å². The van der Waals surface area contributed by atoms with Crippen LogP contribution in [0.3, 0.4) is 0 Å². The van der Waals surface area contributed by atoms with Gasteiger partial charge in [0, 0.05) is 10.5 Å². The van der Waals surface area contributed by atoms with E-state index in [0.29, 0.717) is 16.1 Å². The molecule has 0 saturated heterocycles. The van der Waals surface area contributed by atoms with Crippen LogP contribution in [0.2, 0.25) is 0 Å². The first kappa shape index (κ1) is 15.3. The number of benzene rings is 1. The maximum Gasteiger partial charge on any atom is 0.274 e. The summed E-state index contributed by atoms with van der Waals surface area (Å²) in [6.07, 6.45) is 5.08. The van der Waals surface area contributed by atoms with Gasteiger partial charge < -0.3 is 9.84 Å². The van der Waals surface area contributed by atoms with E-state index in [1.54, 1.807) is 6.07 Å². The molecule has 110 valence electrons. The van der Waals surface area contributed by atoms with E-state index in [9.17, 15) is 15.2 Å². The molecule has 20 heavy (non-hydrogen) atoms. The molecule has 0 aliphatic heterocycles. The van der Waals surface area contributed by atoms with Gasteiger partial charge in [-0.2, -0.15) is 0 Å². The van der Waals surface area contributed by atoms with E-state index < -0.39 is 11.0 Å². The highest BCUT2D eigenvalue weighted by Gasteiger charge is 2.19. The number of non-ortho nitro benzene ring substituents is 1. The quantitative estimate of drug-likeness (QED) is 0.631. The van der Waals surface area contributed by atoms with Gasteiger partial charge in [0.05, 0.1) is 17.1 Å². The van der Waals surface area contributed by atoms with Crippen LogP contribution < -0.4 is 4.74 Å². The molecule has 0 radical (unpaired) electrons. The number of hydrogen-bond acceptors (Lipinski definition) is 4. The van der Waals surface area contributed by atoms with E-state index in [4.69, 9.17) is 4.74 Å². The smallest absolute Gasteiger partial charge is 0.274 e. The zero-order valence-corrected chi connectivity index (χ0v) is 12.7. The highest BCUT2D eigenvalue weighted by molar-refractivity contribution is 9.10. The van der Waals surface area contributed by atoms with Gasteiger partial charge in [0.25, 0.3) is 5.69 Å². The van der Waals surface area contributed by atoms with Crippen molar-refractivity contribution in [2.45, 2.75) is 38.2 Å². The molecule has 0 heterocycles. The molecular weight excluding hydrogens is 326 g/mol. The summed E-state index contributed by atoms with van der Waals surface area (Å²) in [5.74, 6) is 0.988. The number of hydrogen-bond donors (Lipinski definition) is 1. The van der Waals surface area contributed by atoms with Crippen LogP contribution in [0.4, 0.5) is 5.69 Å². The summed E-state index contributed by atoms with van der Waals surface area (Å²) in [5.41, 5.74) is -0.0281. The van der Waals surface area contributed by atoms with Gasteiger partial charge in [0.15, 0.2) is 0 Å². The Morgan fingerprint density at radius 3 is 2.75 bits per heavy atom. The van der Waals surface area contributed by atoms with Gasteiger partial charge in [0.1, 0.15) is 12.4 Å². The van der Waals surface area contributed by atoms with E-state index in [0.717, 1.165) is 6.42 Å². The minimum absolute atomic E-state index is 0.0281. The zero-order chi connectivity index (χ0) is 14.5. The van der Waals surface area contributed by atoms with Crippen LogP contribution in [0.25, 0.3) is 0 Å². The number of nitro groups is 1. The van der Waals surface area contributed by atoms with Crippen LogP contribution >= 0.6 is 15.9 Å². The van der Waals surface area contributed by atoms with E-state index in [1.165, 1.54) is 37.8 Å². The van der Waals surface area contributed by atoms with E-state index in [1.807, 2.05) is 0 Å². The maximum atomic E-state index is 10.8. The predicted octanol–water partition coefficient (Wildman–Crippen LogP) is 3.68. The van der Waals surface area contributed by atoms with Gasteiger partial charge in [-0.05, 0) is 18.4 Å². The van der Waals surface area contributed by atoms with E-state index >= 15 is 0 Å². The molecule has 0 amide bonds. The second kappa shape index (κ2) is 7.04. The van der Waals surface area contributed by atoms with Crippen molar-refractivity contribution >= 4 is 21.6 Å². The Morgan fingerprint density at radius 1 is 1.40 bits per heavy atom. The molecule has 1 aliphatic carbocycles. The maximum absolute atomic E-state index is 10.8. The first-order valence-electron chi connectivity index (χ1n) is 6.80. The van der Waals surface area contributed by atoms with Crippen LogP contribution in [0.15, 0.2) is 22.7 Å². The number of nitrogens with zero attached hydrogens (tertiary/aromatic N) is 1. The normalized spacial score (nSPS) is 17.1. The largest absolute Gasteiger partial charge is 0.491 e. The van der Waals surface area contributed by atoms with Gasteiger partial charge in [-0.3, -0.25) is 10.1 Å². The van der Waals surface area contributed by atoms with Crippen molar-refractivity contribution < 1.29 is 14.8 Å². The third kappa shape index (κ3) is 4.45. The standard InChI is InChI=1S/C14H18BrNO4/c15-11-6-12(16(18)19)8-14(7-11)20-9-13(17)5-10-3-1-2-4-10/h6-8,10,13,17H,1-5,9H2.